The molecule has 4 aromatic carbocycles. The zero-order valence-electron chi connectivity index (χ0n) is 18.3. The Morgan fingerprint density at radius 2 is 1.27 bits per heavy atom. The van der Waals surface area contributed by atoms with Crippen molar-refractivity contribution >= 4 is 15.7 Å². The van der Waals surface area contributed by atoms with E-state index in [1.165, 1.54) is 0 Å². The summed E-state index contributed by atoms with van der Waals surface area (Å²) in [6.07, 6.45) is 0. The highest BCUT2D eigenvalue weighted by molar-refractivity contribution is 7.90. The van der Waals surface area contributed by atoms with Gasteiger partial charge in [0, 0.05) is 5.56 Å². The second kappa shape index (κ2) is 9.84. The number of hydrogen-bond donors (Lipinski definition) is 1. The highest BCUT2D eigenvalue weighted by Crippen LogP contribution is 2.23. The van der Waals surface area contributed by atoms with Crippen molar-refractivity contribution in [2.45, 2.75) is 23.6 Å². The molecule has 1 amide bonds. The van der Waals surface area contributed by atoms with Crippen molar-refractivity contribution in [3.63, 3.8) is 0 Å². The predicted molar refractivity (Wildman–Crippen MR) is 131 cm³/mol. The van der Waals surface area contributed by atoms with Gasteiger partial charge in [0.2, 0.25) is 0 Å². The average molecular weight is 456 g/mol. The van der Waals surface area contributed by atoms with Gasteiger partial charge in [0.25, 0.3) is 5.91 Å². The van der Waals surface area contributed by atoms with Crippen molar-refractivity contribution in [2.75, 3.05) is 0 Å². The fourth-order valence-electron chi connectivity index (χ4n) is 3.66. The Kier molecular flexibility index (Phi) is 6.71. The maximum absolute atomic E-state index is 13.1. The summed E-state index contributed by atoms with van der Waals surface area (Å²) in [6.45, 7) is 2.03. The molecule has 1 atom stereocenters. The van der Waals surface area contributed by atoms with E-state index in [0.717, 1.165) is 16.7 Å². The minimum absolute atomic E-state index is 0.116. The molecular formula is C28H25NO3S. The number of aryl methyl sites for hydroxylation is 1. The molecule has 166 valence electrons. The standard InChI is InChI=1S/C28H25NO3S/c1-21-12-16-24(17-13-21)27(23-8-4-2-5-9-23)29-28(30)25-18-14-22(15-19-25)20-33(31,32)26-10-6-3-7-11-26/h2-19,27H,20H2,1H3,(H,29,30). The second-order valence-electron chi connectivity index (χ2n) is 8.00. The number of hydrogen-bond acceptors (Lipinski definition) is 3. The van der Waals surface area contributed by atoms with Crippen LogP contribution in [0.1, 0.15) is 38.7 Å². The number of nitrogens with one attached hydrogen (secondary N) is 1. The zero-order valence-corrected chi connectivity index (χ0v) is 19.1. The molecule has 1 unspecified atom stereocenters. The molecule has 5 heteroatoms. The molecule has 4 rings (SSSR count). The monoisotopic (exact) mass is 455 g/mol. The van der Waals surface area contributed by atoms with Gasteiger partial charge in [-0.25, -0.2) is 8.42 Å². The van der Waals surface area contributed by atoms with Crippen LogP contribution >= 0.6 is 0 Å². The Morgan fingerprint density at radius 3 is 1.88 bits per heavy atom. The maximum Gasteiger partial charge on any atom is 0.252 e. The Morgan fingerprint density at radius 1 is 0.727 bits per heavy atom. The van der Waals surface area contributed by atoms with Crippen molar-refractivity contribution in [1.82, 2.24) is 5.32 Å². The molecule has 33 heavy (non-hydrogen) atoms. The van der Waals surface area contributed by atoms with E-state index >= 15 is 0 Å². The topological polar surface area (TPSA) is 63.2 Å². The molecule has 0 heterocycles. The van der Waals surface area contributed by atoms with E-state index in [4.69, 9.17) is 0 Å². The predicted octanol–water partition coefficient (Wildman–Crippen LogP) is 5.49. The van der Waals surface area contributed by atoms with Crippen LogP contribution in [0, 0.1) is 6.92 Å². The number of carbonyl (C=O) groups is 1. The summed E-state index contributed by atoms with van der Waals surface area (Å²) in [7, 11) is -3.44. The number of rotatable bonds is 7. The maximum atomic E-state index is 13.1. The van der Waals surface area contributed by atoms with Crippen LogP contribution in [0.3, 0.4) is 0 Å². The van der Waals surface area contributed by atoms with E-state index in [-0.39, 0.29) is 22.6 Å². The Balaban J connectivity index is 1.52. The van der Waals surface area contributed by atoms with E-state index in [1.807, 2.05) is 61.5 Å². The quantitative estimate of drug-likeness (QED) is 0.401. The third kappa shape index (κ3) is 5.57. The van der Waals surface area contributed by atoms with Gasteiger partial charge < -0.3 is 5.32 Å². The molecule has 0 radical (unpaired) electrons. The fourth-order valence-corrected chi connectivity index (χ4v) is 5.03. The lowest BCUT2D eigenvalue weighted by Gasteiger charge is -2.20. The average Bonchev–Trinajstić information content (AvgIpc) is 2.84. The molecule has 0 aliphatic heterocycles. The lowest BCUT2D eigenvalue weighted by atomic mass is 9.97. The van der Waals surface area contributed by atoms with Crippen LogP contribution < -0.4 is 5.32 Å². The van der Waals surface area contributed by atoms with E-state index in [0.29, 0.717) is 11.1 Å². The highest BCUT2D eigenvalue weighted by atomic mass is 32.2. The summed E-state index contributed by atoms with van der Waals surface area (Å²) < 4.78 is 25.2. The zero-order chi connectivity index (χ0) is 23.3. The van der Waals surface area contributed by atoms with Crippen molar-refractivity contribution in [3.8, 4) is 0 Å². The van der Waals surface area contributed by atoms with Crippen molar-refractivity contribution < 1.29 is 13.2 Å². The highest BCUT2D eigenvalue weighted by Gasteiger charge is 2.19. The number of amides is 1. The Hall–Kier alpha value is -3.70. The van der Waals surface area contributed by atoms with Gasteiger partial charge >= 0.3 is 0 Å². The minimum Gasteiger partial charge on any atom is -0.341 e. The molecule has 4 aromatic rings. The molecule has 0 aromatic heterocycles. The lowest BCUT2D eigenvalue weighted by Crippen LogP contribution is -2.29. The molecule has 0 bridgehead atoms. The Bertz CT molecular complexity index is 1320. The summed E-state index contributed by atoms with van der Waals surface area (Å²) in [4.78, 5) is 13.3. The molecule has 4 nitrogen and oxygen atoms in total. The molecule has 1 N–H and O–H groups in total. The van der Waals surface area contributed by atoms with Gasteiger partial charge in [-0.3, -0.25) is 4.79 Å². The molecular weight excluding hydrogens is 430 g/mol. The number of sulfone groups is 1. The van der Waals surface area contributed by atoms with Gasteiger partial charge in [0.15, 0.2) is 9.84 Å². The van der Waals surface area contributed by atoms with Crippen molar-refractivity contribution in [2.24, 2.45) is 0 Å². The molecule has 0 aliphatic rings. The van der Waals surface area contributed by atoms with Crippen LogP contribution in [-0.2, 0) is 15.6 Å². The van der Waals surface area contributed by atoms with E-state index in [2.05, 4.69) is 5.32 Å². The first kappa shape index (κ1) is 22.5. The van der Waals surface area contributed by atoms with Gasteiger partial charge in [-0.15, -0.1) is 0 Å². The van der Waals surface area contributed by atoms with Crippen molar-refractivity contribution in [3.05, 3.63) is 137 Å². The van der Waals surface area contributed by atoms with E-state index < -0.39 is 9.84 Å². The first-order valence-electron chi connectivity index (χ1n) is 10.7. The molecule has 0 saturated carbocycles. The summed E-state index contributed by atoms with van der Waals surface area (Å²) in [5, 5.41) is 3.12. The summed E-state index contributed by atoms with van der Waals surface area (Å²) in [5.74, 6) is -0.337. The van der Waals surface area contributed by atoms with Crippen LogP contribution in [0.5, 0.6) is 0 Å². The molecule has 0 spiro atoms. The van der Waals surface area contributed by atoms with Crippen LogP contribution in [0.2, 0.25) is 0 Å². The summed E-state index contributed by atoms with van der Waals surface area (Å²) in [6, 6.07) is 32.7. The summed E-state index contributed by atoms with van der Waals surface area (Å²) in [5.41, 5.74) is 4.24. The minimum atomic E-state index is -3.44. The van der Waals surface area contributed by atoms with Gasteiger partial charge in [-0.05, 0) is 47.9 Å². The first-order valence-corrected chi connectivity index (χ1v) is 12.4. The van der Waals surface area contributed by atoms with Gasteiger partial charge in [-0.1, -0.05) is 90.5 Å². The summed E-state index contributed by atoms with van der Waals surface area (Å²) >= 11 is 0. The molecule has 0 saturated heterocycles. The van der Waals surface area contributed by atoms with Crippen LogP contribution in [0.4, 0.5) is 0 Å². The largest absolute Gasteiger partial charge is 0.341 e. The van der Waals surface area contributed by atoms with Crippen LogP contribution in [0.25, 0.3) is 0 Å². The number of benzene rings is 4. The van der Waals surface area contributed by atoms with Gasteiger partial charge in [0.05, 0.1) is 16.7 Å². The lowest BCUT2D eigenvalue weighted by molar-refractivity contribution is 0.0943. The van der Waals surface area contributed by atoms with Gasteiger partial charge in [0.1, 0.15) is 0 Å². The van der Waals surface area contributed by atoms with Crippen LogP contribution in [-0.4, -0.2) is 14.3 Å². The second-order valence-corrected chi connectivity index (χ2v) is 9.99. The van der Waals surface area contributed by atoms with E-state index in [1.54, 1.807) is 54.6 Å². The molecule has 0 aliphatic carbocycles. The third-order valence-corrected chi connectivity index (χ3v) is 7.20. The van der Waals surface area contributed by atoms with Crippen LogP contribution in [0.15, 0.2) is 114 Å². The van der Waals surface area contributed by atoms with Crippen molar-refractivity contribution in [1.29, 1.82) is 0 Å². The van der Waals surface area contributed by atoms with Gasteiger partial charge in [-0.2, -0.15) is 0 Å². The van der Waals surface area contributed by atoms with E-state index in [9.17, 15) is 13.2 Å². The fraction of sp³-hybridized carbons (Fsp3) is 0.107. The smallest absolute Gasteiger partial charge is 0.252 e. The SMILES string of the molecule is Cc1ccc(C(NC(=O)c2ccc(CS(=O)(=O)c3ccccc3)cc2)c2ccccc2)cc1. The molecule has 0 fully saturated rings. The normalized spacial score (nSPS) is 12.2. The number of carbonyl (C=O) groups excluding carboxylic acids is 1. The Labute approximate surface area is 194 Å². The third-order valence-electron chi connectivity index (χ3n) is 5.49. The first-order chi connectivity index (χ1) is 15.9.